The highest BCUT2D eigenvalue weighted by Gasteiger charge is 2.10. The Morgan fingerprint density at radius 2 is 1.84 bits per heavy atom. The second kappa shape index (κ2) is 6.94. The summed E-state index contributed by atoms with van der Waals surface area (Å²) in [5, 5.41) is 3.97. The van der Waals surface area contributed by atoms with Crippen molar-refractivity contribution >= 4 is 23.4 Å². The molecule has 1 N–H and O–H groups in total. The molecule has 0 atom stereocenters. The SMILES string of the molecule is CCNCc1c(Cl)cccc1Sc1ccccc1F. The van der Waals surface area contributed by atoms with Crippen molar-refractivity contribution < 1.29 is 4.39 Å². The molecule has 0 spiro atoms. The van der Waals surface area contributed by atoms with Gasteiger partial charge in [0.2, 0.25) is 0 Å². The van der Waals surface area contributed by atoms with Crippen LogP contribution < -0.4 is 5.32 Å². The average Bonchev–Trinajstić information content (AvgIpc) is 2.41. The number of rotatable bonds is 5. The predicted molar refractivity (Wildman–Crippen MR) is 79.4 cm³/mol. The third-order valence-electron chi connectivity index (χ3n) is 2.68. The second-order valence-electron chi connectivity index (χ2n) is 4.03. The number of hydrogen-bond acceptors (Lipinski definition) is 2. The van der Waals surface area contributed by atoms with Crippen LogP contribution in [-0.4, -0.2) is 6.54 Å². The van der Waals surface area contributed by atoms with Crippen LogP contribution in [0.1, 0.15) is 12.5 Å². The summed E-state index contributed by atoms with van der Waals surface area (Å²) in [7, 11) is 0. The first kappa shape index (κ1) is 14.4. The molecule has 0 unspecified atom stereocenters. The lowest BCUT2D eigenvalue weighted by atomic mass is 10.2. The Kier molecular flexibility index (Phi) is 5.25. The molecule has 0 saturated carbocycles. The van der Waals surface area contributed by atoms with E-state index in [4.69, 9.17) is 11.6 Å². The largest absolute Gasteiger partial charge is 0.313 e. The van der Waals surface area contributed by atoms with Crippen LogP contribution in [0.25, 0.3) is 0 Å². The number of nitrogens with one attached hydrogen (secondary N) is 1. The number of benzene rings is 2. The molecule has 0 aromatic heterocycles. The van der Waals surface area contributed by atoms with E-state index >= 15 is 0 Å². The Hall–Kier alpha value is -1.03. The molecule has 0 aliphatic rings. The zero-order valence-corrected chi connectivity index (χ0v) is 12.2. The number of halogens is 2. The third kappa shape index (κ3) is 3.72. The van der Waals surface area contributed by atoms with E-state index in [1.54, 1.807) is 12.1 Å². The summed E-state index contributed by atoms with van der Waals surface area (Å²) in [4.78, 5) is 1.60. The van der Waals surface area contributed by atoms with E-state index in [1.165, 1.54) is 17.8 Å². The van der Waals surface area contributed by atoms with Crippen molar-refractivity contribution in [2.45, 2.75) is 23.3 Å². The van der Waals surface area contributed by atoms with Gasteiger partial charge in [0.15, 0.2) is 0 Å². The molecule has 2 aromatic rings. The molecule has 0 fully saturated rings. The zero-order chi connectivity index (χ0) is 13.7. The van der Waals surface area contributed by atoms with Crippen molar-refractivity contribution in [1.29, 1.82) is 0 Å². The maximum absolute atomic E-state index is 13.7. The molecule has 100 valence electrons. The minimum atomic E-state index is -0.207. The molecule has 0 bridgehead atoms. The topological polar surface area (TPSA) is 12.0 Å². The Morgan fingerprint density at radius 3 is 2.58 bits per heavy atom. The first-order valence-electron chi connectivity index (χ1n) is 6.13. The van der Waals surface area contributed by atoms with Crippen LogP contribution in [0.3, 0.4) is 0 Å². The fourth-order valence-corrected chi connectivity index (χ4v) is 3.00. The summed E-state index contributed by atoms with van der Waals surface area (Å²) in [5.41, 5.74) is 1.01. The lowest BCUT2D eigenvalue weighted by Crippen LogP contribution is -2.12. The van der Waals surface area contributed by atoms with Gasteiger partial charge < -0.3 is 5.32 Å². The smallest absolute Gasteiger partial charge is 0.137 e. The van der Waals surface area contributed by atoms with E-state index in [9.17, 15) is 4.39 Å². The molecule has 2 rings (SSSR count). The molecule has 0 radical (unpaired) electrons. The van der Waals surface area contributed by atoms with Crippen LogP contribution in [-0.2, 0) is 6.54 Å². The van der Waals surface area contributed by atoms with Gasteiger partial charge >= 0.3 is 0 Å². The fourth-order valence-electron chi connectivity index (χ4n) is 1.70. The highest BCUT2D eigenvalue weighted by atomic mass is 35.5. The van der Waals surface area contributed by atoms with E-state index in [0.29, 0.717) is 16.5 Å². The highest BCUT2D eigenvalue weighted by Crippen LogP contribution is 2.34. The van der Waals surface area contributed by atoms with Crippen molar-refractivity contribution in [1.82, 2.24) is 5.32 Å². The molecule has 2 aromatic carbocycles. The quantitative estimate of drug-likeness (QED) is 0.855. The van der Waals surface area contributed by atoms with Crippen molar-refractivity contribution in [3.8, 4) is 0 Å². The van der Waals surface area contributed by atoms with Crippen molar-refractivity contribution in [3.05, 3.63) is 58.9 Å². The summed E-state index contributed by atoms with van der Waals surface area (Å²) in [6.45, 7) is 3.60. The molecule has 0 aliphatic carbocycles. The molecular formula is C15H15ClFNS. The molecule has 1 nitrogen and oxygen atoms in total. The van der Waals surface area contributed by atoms with Crippen molar-refractivity contribution in [2.75, 3.05) is 6.54 Å². The van der Waals surface area contributed by atoms with E-state index in [0.717, 1.165) is 17.0 Å². The zero-order valence-electron chi connectivity index (χ0n) is 10.6. The molecule has 4 heteroatoms. The minimum absolute atomic E-state index is 0.207. The summed E-state index contributed by atoms with van der Waals surface area (Å²) < 4.78 is 13.7. The summed E-state index contributed by atoms with van der Waals surface area (Å²) >= 11 is 7.63. The maximum Gasteiger partial charge on any atom is 0.137 e. The minimum Gasteiger partial charge on any atom is -0.313 e. The van der Waals surface area contributed by atoms with Gasteiger partial charge in [-0.3, -0.25) is 0 Å². The second-order valence-corrected chi connectivity index (χ2v) is 5.52. The summed E-state index contributed by atoms with van der Waals surface area (Å²) in [6, 6.07) is 12.5. The van der Waals surface area contributed by atoms with Crippen molar-refractivity contribution in [2.24, 2.45) is 0 Å². The highest BCUT2D eigenvalue weighted by molar-refractivity contribution is 7.99. The normalized spacial score (nSPS) is 10.7. The van der Waals surface area contributed by atoms with Gasteiger partial charge in [0, 0.05) is 21.4 Å². The van der Waals surface area contributed by atoms with Crippen molar-refractivity contribution in [3.63, 3.8) is 0 Å². The first-order valence-corrected chi connectivity index (χ1v) is 7.32. The van der Waals surface area contributed by atoms with Crippen LogP contribution in [0, 0.1) is 5.82 Å². The van der Waals surface area contributed by atoms with Gasteiger partial charge in [-0.2, -0.15) is 0 Å². The molecule has 0 amide bonds. The molecule has 0 saturated heterocycles. The molecular weight excluding hydrogens is 281 g/mol. The van der Waals surface area contributed by atoms with Gasteiger partial charge in [-0.1, -0.05) is 48.5 Å². The van der Waals surface area contributed by atoms with Gasteiger partial charge in [-0.25, -0.2) is 4.39 Å². The van der Waals surface area contributed by atoms with Crippen LogP contribution in [0.5, 0.6) is 0 Å². The number of hydrogen-bond donors (Lipinski definition) is 1. The third-order valence-corrected chi connectivity index (χ3v) is 4.19. The van der Waals surface area contributed by atoms with Gasteiger partial charge in [0.05, 0.1) is 0 Å². The molecule has 0 heterocycles. The fraction of sp³-hybridized carbons (Fsp3) is 0.200. The maximum atomic E-state index is 13.7. The van der Waals surface area contributed by atoms with E-state index < -0.39 is 0 Å². The van der Waals surface area contributed by atoms with Gasteiger partial charge in [-0.05, 0) is 36.4 Å². The monoisotopic (exact) mass is 295 g/mol. The first-order chi connectivity index (χ1) is 9.22. The summed E-state index contributed by atoms with van der Waals surface area (Å²) in [6.07, 6.45) is 0. The van der Waals surface area contributed by atoms with Crippen LogP contribution in [0.4, 0.5) is 4.39 Å². The van der Waals surface area contributed by atoms with Crippen LogP contribution in [0.15, 0.2) is 52.3 Å². The standard InChI is InChI=1S/C15H15ClFNS/c1-2-18-10-11-12(16)6-5-9-14(11)19-15-8-4-3-7-13(15)17/h3-9,18H,2,10H2,1H3. The van der Waals surface area contributed by atoms with E-state index in [-0.39, 0.29) is 5.82 Å². The van der Waals surface area contributed by atoms with Gasteiger partial charge in [0.25, 0.3) is 0 Å². The molecule has 19 heavy (non-hydrogen) atoms. The van der Waals surface area contributed by atoms with Gasteiger partial charge in [-0.15, -0.1) is 0 Å². The Balaban J connectivity index is 2.29. The lowest BCUT2D eigenvalue weighted by Gasteiger charge is -2.11. The molecule has 0 aliphatic heterocycles. The Labute approximate surface area is 122 Å². The van der Waals surface area contributed by atoms with E-state index in [2.05, 4.69) is 5.32 Å². The van der Waals surface area contributed by atoms with Gasteiger partial charge in [0.1, 0.15) is 5.82 Å². The predicted octanol–water partition coefficient (Wildman–Crippen LogP) is 4.74. The van der Waals surface area contributed by atoms with E-state index in [1.807, 2.05) is 31.2 Å². The Bertz CT molecular complexity index is 560. The Morgan fingerprint density at radius 1 is 1.11 bits per heavy atom. The van der Waals surface area contributed by atoms with Crippen LogP contribution >= 0.6 is 23.4 Å². The summed E-state index contributed by atoms with van der Waals surface area (Å²) in [5.74, 6) is -0.207. The lowest BCUT2D eigenvalue weighted by molar-refractivity contribution is 0.602. The van der Waals surface area contributed by atoms with Crippen LogP contribution in [0.2, 0.25) is 5.02 Å². The average molecular weight is 296 g/mol.